The number of carbonyl (C=O) groups excluding carboxylic acids is 3. The summed E-state index contributed by atoms with van der Waals surface area (Å²) in [6, 6.07) is 5.30. The first-order valence-corrected chi connectivity index (χ1v) is 10.6. The fourth-order valence-electron chi connectivity index (χ4n) is 4.07. The third kappa shape index (κ3) is 5.08. The summed E-state index contributed by atoms with van der Waals surface area (Å²) in [6.07, 6.45) is 3.45. The lowest BCUT2D eigenvalue weighted by atomic mass is 9.96. The number of hydrogen-bond acceptors (Lipinski definition) is 3. The van der Waals surface area contributed by atoms with Crippen molar-refractivity contribution in [2.45, 2.75) is 39.5 Å². The van der Waals surface area contributed by atoms with Crippen molar-refractivity contribution in [1.82, 2.24) is 15.1 Å². The molecule has 2 fully saturated rings. The lowest BCUT2D eigenvalue weighted by Gasteiger charge is -2.31. The Hall–Kier alpha value is -2.57. The van der Waals surface area contributed by atoms with Gasteiger partial charge < -0.3 is 20.4 Å². The molecular weight excluding hydrogens is 368 g/mol. The molecule has 7 heteroatoms. The molecule has 158 valence electrons. The van der Waals surface area contributed by atoms with Crippen molar-refractivity contribution in [1.29, 1.82) is 0 Å². The summed E-state index contributed by atoms with van der Waals surface area (Å²) >= 11 is 0. The molecule has 0 bridgehead atoms. The number of hydrogen-bond donors (Lipinski definition) is 2. The molecule has 29 heavy (non-hydrogen) atoms. The van der Waals surface area contributed by atoms with Gasteiger partial charge in [-0.05, 0) is 62.3 Å². The van der Waals surface area contributed by atoms with Crippen molar-refractivity contribution in [2.75, 3.05) is 38.5 Å². The highest BCUT2D eigenvalue weighted by atomic mass is 16.2. The van der Waals surface area contributed by atoms with Gasteiger partial charge >= 0.3 is 6.03 Å². The zero-order valence-corrected chi connectivity index (χ0v) is 17.7. The van der Waals surface area contributed by atoms with E-state index < -0.39 is 0 Å². The van der Waals surface area contributed by atoms with Gasteiger partial charge in [-0.25, -0.2) is 4.79 Å². The van der Waals surface area contributed by atoms with Crippen LogP contribution in [0, 0.1) is 18.8 Å². The Kier molecular flexibility index (Phi) is 6.77. The summed E-state index contributed by atoms with van der Waals surface area (Å²) in [6.45, 7) is 6.87. The number of likely N-dealkylation sites (tertiary alicyclic amines) is 2. The van der Waals surface area contributed by atoms with Crippen LogP contribution in [-0.4, -0.2) is 60.9 Å². The molecule has 0 aromatic heterocycles. The first-order valence-electron chi connectivity index (χ1n) is 10.6. The van der Waals surface area contributed by atoms with Crippen LogP contribution in [-0.2, 0) is 4.79 Å². The topological polar surface area (TPSA) is 81.8 Å². The predicted octanol–water partition coefficient (Wildman–Crippen LogP) is 2.86. The van der Waals surface area contributed by atoms with E-state index in [1.165, 1.54) is 0 Å². The second-order valence-corrected chi connectivity index (χ2v) is 8.31. The molecule has 0 saturated carbocycles. The van der Waals surface area contributed by atoms with E-state index in [-0.39, 0.29) is 23.8 Å². The van der Waals surface area contributed by atoms with Gasteiger partial charge in [-0.15, -0.1) is 0 Å². The molecule has 0 aliphatic carbocycles. The molecule has 2 saturated heterocycles. The average molecular weight is 401 g/mol. The number of nitrogens with zero attached hydrogens (tertiary/aromatic N) is 2. The summed E-state index contributed by atoms with van der Waals surface area (Å²) in [5, 5.41) is 5.63. The second-order valence-electron chi connectivity index (χ2n) is 8.31. The van der Waals surface area contributed by atoms with Crippen LogP contribution in [0.25, 0.3) is 0 Å². The summed E-state index contributed by atoms with van der Waals surface area (Å²) < 4.78 is 0. The highest BCUT2D eigenvalue weighted by molar-refractivity contribution is 5.96. The molecule has 0 unspecified atom stereocenters. The third-order valence-electron chi connectivity index (χ3n) is 6.19. The van der Waals surface area contributed by atoms with Crippen molar-refractivity contribution in [3.05, 3.63) is 29.3 Å². The summed E-state index contributed by atoms with van der Waals surface area (Å²) in [5.41, 5.74) is 2.25. The summed E-state index contributed by atoms with van der Waals surface area (Å²) in [7, 11) is 1.64. The van der Waals surface area contributed by atoms with E-state index >= 15 is 0 Å². The van der Waals surface area contributed by atoms with Crippen LogP contribution >= 0.6 is 0 Å². The van der Waals surface area contributed by atoms with E-state index in [1.807, 2.05) is 24.0 Å². The van der Waals surface area contributed by atoms with Crippen LogP contribution in [0.1, 0.15) is 48.5 Å². The molecule has 1 aromatic carbocycles. The van der Waals surface area contributed by atoms with E-state index in [0.29, 0.717) is 43.1 Å². The van der Waals surface area contributed by atoms with E-state index in [0.717, 1.165) is 31.5 Å². The molecular formula is C22H32N4O3. The van der Waals surface area contributed by atoms with Gasteiger partial charge in [0.05, 0.1) is 0 Å². The van der Waals surface area contributed by atoms with Crippen molar-refractivity contribution in [2.24, 2.45) is 11.8 Å². The minimum atomic E-state index is -0.160. The number of amides is 4. The van der Waals surface area contributed by atoms with Crippen LogP contribution in [0.5, 0.6) is 0 Å². The molecule has 2 aliphatic rings. The zero-order valence-electron chi connectivity index (χ0n) is 17.7. The number of urea groups is 1. The maximum atomic E-state index is 12.7. The molecule has 0 spiro atoms. The Bertz CT molecular complexity index is 763. The van der Waals surface area contributed by atoms with E-state index in [9.17, 15) is 14.4 Å². The van der Waals surface area contributed by atoms with Crippen molar-refractivity contribution >= 4 is 23.5 Å². The number of anilines is 1. The largest absolute Gasteiger partial charge is 0.359 e. The van der Waals surface area contributed by atoms with E-state index in [4.69, 9.17) is 0 Å². The van der Waals surface area contributed by atoms with Gasteiger partial charge in [-0.1, -0.05) is 6.92 Å². The molecule has 3 rings (SSSR count). The van der Waals surface area contributed by atoms with Gasteiger partial charge in [0.25, 0.3) is 5.91 Å². The minimum absolute atomic E-state index is 0.0196. The van der Waals surface area contributed by atoms with Crippen molar-refractivity contribution < 1.29 is 14.4 Å². The van der Waals surface area contributed by atoms with Gasteiger partial charge in [-0.3, -0.25) is 9.59 Å². The molecule has 1 aromatic rings. The Morgan fingerprint density at radius 3 is 2.17 bits per heavy atom. The zero-order chi connectivity index (χ0) is 21.0. The van der Waals surface area contributed by atoms with Crippen molar-refractivity contribution in [3.63, 3.8) is 0 Å². The monoisotopic (exact) mass is 400 g/mol. The first kappa shape index (κ1) is 21.1. The van der Waals surface area contributed by atoms with E-state index in [2.05, 4.69) is 17.6 Å². The maximum Gasteiger partial charge on any atom is 0.321 e. The minimum Gasteiger partial charge on any atom is -0.359 e. The van der Waals surface area contributed by atoms with E-state index in [1.54, 1.807) is 18.0 Å². The Morgan fingerprint density at radius 2 is 1.59 bits per heavy atom. The molecule has 4 amide bonds. The van der Waals surface area contributed by atoms with Crippen LogP contribution in [0.2, 0.25) is 0 Å². The van der Waals surface area contributed by atoms with Crippen LogP contribution in [0.15, 0.2) is 18.2 Å². The van der Waals surface area contributed by atoms with Crippen LogP contribution in [0.3, 0.4) is 0 Å². The Balaban J connectivity index is 1.57. The molecule has 7 nitrogen and oxygen atoms in total. The van der Waals surface area contributed by atoms with Crippen LogP contribution in [0.4, 0.5) is 10.5 Å². The second kappa shape index (κ2) is 9.29. The number of piperidine rings is 2. The van der Waals surface area contributed by atoms with Crippen molar-refractivity contribution in [3.8, 4) is 0 Å². The van der Waals surface area contributed by atoms with Gasteiger partial charge in [-0.2, -0.15) is 0 Å². The molecule has 2 N–H and O–H groups in total. The average Bonchev–Trinajstić information content (AvgIpc) is 2.74. The standard InChI is InChI=1S/C22H32N4O3/c1-15-6-10-25(11-7-15)21(28)18-4-5-19(16(2)14-18)24-22(29)26-12-8-17(9-13-26)20(27)23-3/h4-5,14-15,17H,6-13H2,1-3H3,(H,23,27)(H,24,29). The highest BCUT2D eigenvalue weighted by Crippen LogP contribution is 2.23. The smallest absolute Gasteiger partial charge is 0.321 e. The fourth-order valence-corrected chi connectivity index (χ4v) is 4.07. The SMILES string of the molecule is CNC(=O)C1CCN(C(=O)Nc2ccc(C(=O)N3CCC(C)CC3)cc2C)CC1. The lowest BCUT2D eigenvalue weighted by Crippen LogP contribution is -2.44. The Morgan fingerprint density at radius 1 is 0.966 bits per heavy atom. The number of rotatable bonds is 3. The first-order chi connectivity index (χ1) is 13.9. The van der Waals surface area contributed by atoms with Crippen LogP contribution < -0.4 is 10.6 Å². The fraction of sp³-hybridized carbons (Fsp3) is 0.591. The predicted molar refractivity (Wildman–Crippen MR) is 113 cm³/mol. The highest BCUT2D eigenvalue weighted by Gasteiger charge is 2.27. The molecule has 2 aliphatic heterocycles. The summed E-state index contributed by atoms with van der Waals surface area (Å²) in [5.74, 6) is 0.770. The lowest BCUT2D eigenvalue weighted by molar-refractivity contribution is -0.125. The van der Waals surface area contributed by atoms with Gasteiger partial charge in [0.15, 0.2) is 0 Å². The quantitative estimate of drug-likeness (QED) is 0.819. The number of benzene rings is 1. The normalized spacial score (nSPS) is 18.4. The van der Waals surface area contributed by atoms with Gasteiger partial charge in [0, 0.05) is 50.4 Å². The molecule has 2 heterocycles. The summed E-state index contributed by atoms with van der Waals surface area (Å²) in [4.78, 5) is 40.7. The van der Waals surface area contributed by atoms with Gasteiger partial charge in [0.2, 0.25) is 5.91 Å². The molecule has 0 atom stereocenters. The molecule has 0 radical (unpaired) electrons. The Labute approximate surface area is 172 Å². The number of nitrogens with one attached hydrogen (secondary N) is 2. The number of aryl methyl sites for hydroxylation is 1. The number of carbonyl (C=O) groups is 3. The van der Waals surface area contributed by atoms with Gasteiger partial charge in [0.1, 0.15) is 0 Å². The third-order valence-corrected chi connectivity index (χ3v) is 6.19. The maximum absolute atomic E-state index is 12.7.